The largest absolute Gasteiger partial charge is 0.496 e. The molecule has 0 aromatic rings. The van der Waals surface area contributed by atoms with Crippen molar-refractivity contribution in [3.05, 3.63) is 47.5 Å². The van der Waals surface area contributed by atoms with Gasteiger partial charge in [-0.15, -0.1) is 0 Å². The van der Waals surface area contributed by atoms with Gasteiger partial charge in [0.2, 0.25) is 0 Å². The summed E-state index contributed by atoms with van der Waals surface area (Å²) in [5.41, 5.74) is 9.83. The molecule has 15 heavy (non-hydrogen) atoms. The average Bonchev–Trinajstić information content (AvgIpc) is 2.50. The second-order valence-corrected chi connectivity index (χ2v) is 3.14. The quantitative estimate of drug-likeness (QED) is 0.476. The Labute approximate surface area is 89.9 Å². The Morgan fingerprint density at radius 1 is 1.67 bits per heavy atom. The van der Waals surface area contributed by atoms with Crippen molar-refractivity contribution in [3.63, 3.8) is 0 Å². The number of allylic oxidation sites excluding steroid dienone is 6. The summed E-state index contributed by atoms with van der Waals surface area (Å²) in [6.45, 7) is 0. The second kappa shape index (κ2) is 5.93. The average molecular weight is 207 g/mol. The number of methoxy groups -OCH3 is 1. The highest BCUT2D eigenvalue weighted by Gasteiger charge is 2.08. The number of nitrogens with two attached hydrogens (primary N) is 2. The van der Waals surface area contributed by atoms with Crippen LogP contribution in [0, 0.1) is 0 Å². The summed E-state index contributed by atoms with van der Waals surface area (Å²) in [6, 6.07) is 0. The van der Waals surface area contributed by atoms with Crippen LogP contribution in [0.1, 0.15) is 12.8 Å². The van der Waals surface area contributed by atoms with Gasteiger partial charge in [-0.3, -0.25) is 5.84 Å². The Morgan fingerprint density at radius 2 is 2.47 bits per heavy atom. The normalized spacial score (nSPS) is 16.5. The van der Waals surface area contributed by atoms with Gasteiger partial charge in [0.05, 0.1) is 7.11 Å². The van der Waals surface area contributed by atoms with Gasteiger partial charge < -0.3 is 15.9 Å². The Bertz CT molecular complexity index is 327. The van der Waals surface area contributed by atoms with Crippen LogP contribution in [0.5, 0.6) is 0 Å². The van der Waals surface area contributed by atoms with Crippen molar-refractivity contribution in [1.29, 1.82) is 0 Å². The highest BCUT2D eigenvalue weighted by molar-refractivity contribution is 5.35. The Balaban J connectivity index is 2.79. The molecule has 5 N–H and O–H groups in total. The van der Waals surface area contributed by atoms with E-state index in [2.05, 4.69) is 17.6 Å². The summed E-state index contributed by atoms with van der Waals surface area (Å²) in [4.78, 5) is 0. The lowest BCUT2D eigenvalue weighted by atomic mass is 10.1. The molecule has 1 rings (SSSR count). The van der Waals surface area contributed by atoms with Gasteiger partial charge in [-0.1, -0.05) is 18.2 Å². The third kappa shape index (κ3) is 3.18. The highest BCUT2D eigenvalue weighted by Crippen LogP contribution is 2.21. The molecule has 0 saturated carbocycles. The molecule has 0 aromatic heterocycles. The lowest BCUT2D eigenvalue weighted by molar-refractivity contribution is 0.299. The first-order valence-electron chi connectivity index (χ1n) is 4.79. The summed E-state index contributed by atoms with van der Waals surface area (Å²) in [5, 5.41) is 0. The van der Waals surface area contributed by atoms with Crippen molar-refractivity contribution in [1.82, 2.24) is 5.43 Å². The SMILES string of the molecule is COC1=CC=CCC=C1C/C(=C/N)NN. The lowest BCUT2D eigenvalue weighted by Crippen LogP contribution is -2.22. The van der Waals surface area contributed by atoms with Gasteiger partial charge in [-0.2, -0.15) is 0 Å². The van der Waals surface area contributed by atoms with Crippen LogP contribution in [0.25, 0.3) is 0 Å². The van der Waals surface area contributed by atoms with Crippen LogP contribution in [0.15, 0.2) is 47.5 Å². The standard InChI is InChI=1S/C11H17N3O/c1-15-11-6-4-2-3-5-9(11)7-10(8-12)14-13/h2,4-6,8,14H,3,7,12-13H2,1H3/b10-8-. The van der Waals surface area contributed by atoms with Gasteiger partial charge in [0.25, 0.3) is 0 Å². The number of hydrogen-bond donors (Lipinski definition) is 3. The van der Waals surface area contributed by atoms with Crippen LogP contribution in [-0.4, -0.2) is 7.11 Å². The maximum atomic E-state index is 5.42. The maximum absolute atomic E-state index is 5.42. The van der Waals surface area contributed by atoms with Gasteiger partial charge >= 0.3 is 0 Å². The Morgan fingerprint density at radius 3 is 3.07 bits per heavy atom. The summed E-state index contributed by atoms with van der Waals surface area (Å²) >= 11 is 0. The minimum absolute atomic E-state index is 0.647. The van der Waals surface area contributed by atoms with Crippen molar-refractivity contribution in [2.45, 2.75) is 12.8 Å². The van der Waals surface area contributed by atoms with Crippen molar-refractivity contribution in [2.75, 3.05) is 7.11 Å². The van der Waals surface area contributed by atoms with Gasteiger partial charge in [-0.25, -0.2) is 0 Å². The molecule has 0 radical (unpaired) electrons. The minimum Gasteiger partial charge on any atom is -0.496 e. The molecule has 0 amide bonds. The molecule has 0 unspecified atom stereocenters. The van der Waals surface area contributed by atoms with Crippen LogP contribution in [-0.2, 0) is 4.74 Å². The molecule has 1 aliphatic rings. The fourth-order valence-electron chi connectivity index (χ4n) is 1.37. The molecular weight excluding hydrogens is 190 g/mol. The van der Waals surface area contributed by atoms with E-state index in [-0.39, 0.29) is 0 Å². The second-order valence-electron chi connectivity index (χ2n) is 3.14. The summed E-state index contributed by atoms with van der Waals surface area (Å²) in [6.07, 6.45) is 11.1. The molecule has 0 saturated heterocycles. The van der Waals surface area contributed by atoms with Crippen LogP contribution >= 0.6 is 0 Å². The summed E-state index contributed by atoms with van der Waals surface area (Å²) < 4.78 is 5.28. The van der Waals surface area contributed by atoms with Crippen molar-refractivity contribution in [3.8, 4) is 0 Å². The van der Waals surface area contributed by atoms with Crippen molar-refractivity contribution in [2.24, 2.45) is 11.6 Å². The van der Waals surface area contributed by atoms with Gasteiger partial charge in [0.15, 0.2) is 0 Å². The van der Waals surface area contributed by atoms with Crippen molar-refractivity contribution < 1.29 is 4.74 Å². The van der Waals surface area contributed by atoms with Crippen LogP contribution in [0.2, 0.25) is 0 Å². The first kappa shape index (κ1) is 11.4. The fraction of sp³-hybridized carbons (Fsp3) is 0.273. The van der Waals surface area contributed by atoms with E-state index in [1.54, 1.807) is 7.11 Å². The van der Waals surface area contributed by atoms with Gasteiger partial charge in [0, 0.05) is 18.3 Å². The Kier molecular flexibility index (Phi) is 4.50. The van der Waals surface area contributed by atoms with Crippen LogP contribution in [0.3, 0.4) is 0 Å². The molecule has 4 nitrogen and oxygen atoms in total. The monoisotopic (exact) mass is 207 g/mol. The molecule has 0 aliphatic heterocycles. The summed E-state index contributed by atoms with van der Waals surface area (Å²) in [7, 11) is 1.65. The molecule has 0 spiro atoms. The van der Waals surface area contributed by atoms with Crippen LogP contribution in [0.4, 0.5) is 0 Å². The topological polar surface area (TPSA) is 73.3 Å². The van der Waals surface area contributed by atoms with Crippen LogP contribution < -0.4 is 17.0 Å². The lowest BCUT2D eigenvalue weighted by Gasteiger charge is -2.11. The van der Waals surface area contributed by atoms with E-state index < -0.39 is 0 Å². The van der Waals surface area contributed by atoms with E-state index >= 15 is 0 Å². The molecule has 0 atom stereocenters. The number of hydrogen-bond acceptors (Lipinski definition) is 4. The highest BCUT2D eigenvalue weighted by atomic mass is 16.5. The molecule has 0 fully saturated rings. The van der Waals surface area contributed by atoms with E-state index in [0.717, 1.165) is 23.5 Å². The number of rotatable bonds is 4. The Hall–Kier alpha value is -1.68. The zero-order valence-corrected chi connectivity index (χ0v) is 8.86. The third-order valence-electron chi connectivity index (χ3n) is 2.19. The molecular formula is C11H17N3O. The zero-order valence-electron chi connectivity index (χ0n) is 8.86. The van der Waals surface area contributed by atoms with E-state index in [4.69, 9.17) is 16.3 Å². The maximum Gasteiger partial charge on any atom is 0.122 e. The predicted octanol–water partition coefficient (Wildman–Crippen LogP) is 1.06. The van der Waals surface area contributed by atoms with E-state index in [9.17, 15) is 0 Å². The number of ether oxygens (including phenoxy) is 1. The smallest absolute Gasteiger partial charge is 0.122 e. The van der Waals surface area contributed by atoms with Crippen molar-refractivity contribution >= 4 is 0 Å². The molecule has 82 valence electrons. The minimum atomic E-state index is 0.647. The summed E-state index contributed by atoms with van der Waals surface area (Å²) in [5.74, 6) is 6.17. The van der Waals surface area contributed by atoms with E-state index in [0.29, 0.717) is 6.42 Å². The third-order valence-corrected chi connectivity index (χ3v) is 2.19. The molecule has 0 heterocycles. The number of hydrazine groups is 1. The van der Waals surface area contributed by atoms with Gasteiger partial charge in [0.1, 0.15) is 5.76 Å². The fourth-order valence-corrected chi connectivity index (χ4v) is 1.37. The zero-order chi connectivity index (χ0) is 11.1. The van der Waals surface area contributed by atoms with E-state index in [1.165, 1.54) is 6.20 Å². The number of nitrogens with one attached hydrogen (secondary N) is 1. The predicted molar refractivity (Wildman–Crippen MR) is 61.1 cm³/mol. The van der Waals surface area contributed by atoms with E-state index in [1.807, 2.05) is 12.2 Å². The molecule has 0 bridgehead atoms. The molecule has 1 aliphatic carbocycles. The first-order valence-corrected chi connectivity index (χ1v) is 4.79. The van der Waals surface area contributed by atoms with Gasteiger partial charge in [-0.05, 0) is 18.1 Å². The molecule has 4 heteroatoms. The molecule has 0 aromatic carbocycles. The first-order chi connectivity index (χ1) is 7.31.